The lowest BCUT2D eigenvalue weighted by molar-refractivity contribution is -0.116. The number of aliphatic hydroxyl groups excluding tert-OH is 1. The molecule has 0 bridgehead atoms. The highest BCUT2D eigenvalue weighted by Crippen LogP contribution is 2.23. The summed E-state index contributed by atoms with van der Waals surface area (Å²) >= 11 is 0. The molecule has 1 aliphatic rings. The maximum atomic E-state index is 12.1. The molecule has 0 aromatic heterocycles. The molecule has 1 heterocycles. The van der Waals surface area contributed by atoms with E-state index < -0.39 is 6.10 Å². The molecular formula is C16H22N2O3. The van der Waals surface area contributed by atoms with E-state index in [0.29, 0.717) is 30.7 Å². The van der Waals surface area contributed by atoms with Crippen LogP contribution in [-0.4, -0.2) is 29.6 Å². The fourth-order valence-corrected chi connectivity index (χ4v) is 2.46. The molecule has 5 nitrogen and oxygen atoms in total. The van der Waals surface area contributed by atoms with E-state index in [1.807, 2.05) is 13.8 Å². The van der Waals surface area contributed by atoms with Crippen molar-refractivity contribution in [1.82, 2.24) is 5.32 Å². The third-order valence-corrected chi connectivity index (χ3v) is 3.50. The van der Waals surface area contributed by atoms with E-state index in [9.17, 15) is 14.7 Å². The number of rotatable bonds is 5. The summed E-state index contributed by atoms with van der Waals surface area (Å²) in [7, 11) is 0. The highest BCUT2D eigenvalue weighted by Gasteiger charge is 2.17. The van der Waals surface area contributed by atoms with Crippen LogP contribution in [0.2, 0.25) is 0 Å². The average Bonchev–Trinajstić information content (AvgIpc) is 2.43. The number of carbonyl (C=O) groups is 2. The van der Waals surface area contributed by atoms with Crippen LogP contribution in [0.5, 0.6) is 0 Å². The third kappa shape index (κ3) is 4.29. The molecule has 2 rings (SSSR count). The molecule has 0 radical (unpaired) electrons. The first-order valence-electron chi connectivity index (χ1n) is 7.34. The van der Waals surface area contributed by atoms with E-state index in [2.05, 4.69) is 10.6 Å². The number of anilines is 1. The first-order chi connectivity index (χ1) is 9.95. The molecule has 3 N–H and O–H groups in total. The molecule has 2 amide bonds. The van der Waals surface area contributed by atoms with Crippen LogP contribution in [0.3, 0.4) is 0 Å². The zero-order valence-electron chi connectivity index (χ0n) is 12.5. The lowest BCUT2D eigenvalue weighted by Crippen LogP contribution is -2.33. The average molecular weight is 290 g/mol. The second-order valence-electron chi connectivity index (χ2n) is 5.91. The lowest BCUT2D eigenvalue weighted by Gasteiger charge is -2.18. The van der Waals surface area contributed by atoms with Gasteiger partial charge < -0.3 is 15.7 Å². The maximum Gasteiger partial charge on any atom is 0.251 e. The van der Waals surface area contributed by atoms with Crippen LogP contribution in [0.1, 0.15) is 42.6 Å². The van der Waals surface area contributed by atoms with Crippen molar-refractivity contribution < 1.29 is 14.7 Å². The minimum absolute atomic E-state index is 0.0107. The number of aryl methyl sites for hydroxylation is 1. The number of aliphatic hydroxyl groups is 1. The summed E-state index contributed by atoms with van der Waals surface area (Å²) in [4.78, 5) is 23.4. The molecule has 1 aromatic carbocycles. The molecule has 0 aliphatic carbocycles. The molecule has 21 heavy (non-hydrogen) atoms. The molecule has 1 atom stereocenters. The van der Waals surface area contributed by atoms with Crippen molar-refractivity contribution in [2.75, 3.05) is 11.9 Å². The summed E-state index contributed by atoms with van der Waals surface area (Å²) in [5, 5.41) is 15.3. The van der Waals surface area contributed by atoms with Crippen molar-refractivity contribution in [3.8, 4) is 0 Å². The second kappa shape index (κ2) is 6.72. The van der Waals surface area contributed by atoms with Gasteiger partial charge in [-0.3, -0.25) is 9.59 Å². The molecule has 0 saturated carbocycles. The van der Waals surface area contributed by atoms with Gasteiger partial charge in [-0.2, -0.15) is 0 Å². The van der Waals surface area contributed by atoms with E-state index in [0.717, 1.165) is 11.3 Å². The van der Waals surface area contributed by atoms with Crippen molar-refractivity contribution >= 4 is 17.5 Å². The van der Waals surface area contributed by atoms with Crippen molar-refractivity contribution in [1.29, 1.82) is 0 Å². The van der Waals surface area contributed by atoms with Crippen LogP contribution >= 0.6 is 0 Å². The molecule has 0 saturated heterocycles. The van der Waals surface area contributed by atoms with Gasteiger partial charge in [-0.1, -0.05) is 13.8 Å². The summed E-state index contributed by atoms with van der Waals surface area (Å²) < 4.78 is 0. The van der Waals surface area contributed by atoms with Gasteiger partial charge in [0.2, 0.25) is 5.91 Å². The topological polar surface area (TPSA) is 78.4 Å². The van der Waals surface area contributed by atoms with Gasteiger partial charge in [0.05, 0.1) is 6.10 Å². The Morgan fingerprint density at radius 3 is 2.86 bits per heavy atom. The Kier molecular flexibility index (Phi) is 4.96. The highest BCUT2D eigenvalue weighted by atomic mass is 16.3. The number of carbonyl (C=O) groups excluding carboxylic acids is 2. The van der Waals surface area contributed by atoms with Gasteiger partial charge >= 0.3 is 0 Å². The van der Waals surface area contributed by atoms with Crippen LogP contribution in [-0.2, 0) is 11.2 Å². The molecule has 0 spiro atoms. The van der Waals surface area contributed by atoms with Crippen LogP contribution in [0, 0.1) is 5.92 Å². The monoisotopic (exact) mass is 290 g/mol. The first kappa shape index (κ1) is 15.5. The van der Waals surface area contributed by atoms with Crippen LogP contribution in [0.4, 0.5) is 5.69 Å². The van der Waals surface area contributed by atoms with Crippen LogP contribution < -0.4 is 10.6 Å². The summed E-state index contributed by atoms with van der Waals surface area (Å²) in [6.07, 6.45) is 1.24. The zero-order valence-corrected chi connectivity index (χ0v) is 12.5. The molecule has 0 fully saturated rings. The van der Waals surface area contributed by atoms with E-state index in [4.69, 9.17) is 0 Å². The Hall–Kier alpha value is -1.88. The smallest absolute Gasteiger partial charge is 0.251 e. The van der Waals surface area contributed by atoms with Crippen molar-refractivity contribution in [3.63, 3.8) is 0 Å². The fraction of sp³-hybridized carbons (Fsp3) is 0.500. The van der Waals surface area contributed by atoms with Gasteiger partial charge in [0.15, 0.2) is 0 Å². The molecule has 1 aliphatic heterocycles. The highest BCUT2D eigenvalue weighted by molar-refractivity contribution is 5.97. The van der Waals surface area contributed by atoms with Crippen molar-refractivity contribution in [2.24, 2.45) is 5.92 Å². The van der Waals surface area contributed by atoms with Gasteiger partial charge in [0, 0.05) is 24.2 Å². The minimum Gasteiger partial charge on any atom is -0.391 e. The number of hydrogen-bond donors (Lipinski definition) is 3. The predicted molar refractivity (Wildman–Crippen MR) is 81.2 cm³/mol. The molecule has 5 heteroatoms. The second-order valence-corrected chi connectivity index (χ2v) is 5.91. The lowest BCUT2D eigenvalue weighted by atomic mass is 10.00. The number of benzene rings is 1. The molecular weight excluding hydrogens is 268 g/mol. The summed E-state index contributed by atoms with van der Waals surface area (Å²) in [5.74, 6) is 0.207. The standard InChI is InChI=1S/C16H22N2O3/c1-10(2)7-13(19)9-17-16(21)12-3-5-14-11(8-12)4-6-15(20)18-14/h3,5,8,10,13,19H,4,6-7,9H2,1-2H3,(H,17,21)(H,18,20). The third-order valence-electron chi connectivity index (χ3n) is 3.50. The normalized spacial score (nSPS) is 15.3. The number of hydrogen-bond acceptors (Lipinski definition) is 3. The Morgan fingerprint density at radius 1 is 1.38 bits per heavy atom. The minimum atomic E-state index is -0.522. The van der Waals surface area contributed by atoms with Gasteiger partial charge in [0.25, 0.3) is 5.91 Å². The van der Waals surface area contributed by atoms with Gasteiger partial charge in [-0.15, -0.1) is 0 Å². The van der Waals surface area contributed by atoms with Crippen molar-refractivity contribution in [3.05, 3.63) is 29.3 Å². The Morgan fingerprint density at radius 2 is 2.14 bits per heavy atom. The largest absolute Gasteiger partial charge is 0.391 e. The number of nitrogens with one attached hydrogen (secondary N) is 2. The van der Waals surface area contributed by atoms with Crippen LogP contribution in [0.25, 0.3) is 0 Å². The van der Waals surface area contributed by atoms with Gasteiger partial charge in [0.1, 0.15) is 0 Å². The predicted octanol–water partition coefficient (Wildman–Crippen LogP) is 1.71. The summed E-state index contributed by atoms with van der Waals surface area (Å²) in [6, 6.07) is 5.25. The Balaban J connectivity index is 1.95. The fourth-order valence-electron chi connectivity index (χ4n) is 2.46. The number of fused-ring (bicyclic) bond motifs is 1. The Bertz CT molecular complexity index is 540. The maximum absolute atomic E-state index is 12.1. The zero-order chi connectivity index (χ0) is 15.4. The van der Waals surface area contributed by atoms with E-state index in [1.54, 1.807) is 18.2 Å². The SMILES string of the molecule is CC(C)CC(O)CNC(=O)c1ccc2c(c1)CCC(=O)N2. The van der Waals surface area contributed by atoms with Crippen molar-refractivity contribution in [2.45, 2.75) is 39.2 Å². The summed E-state index contributed by atoms with van der Waals surface area (Å²) in [6.45, 7) is 4.32. The van der Waals surface area contributed by atoms with E-state index >= 15 is 0 Å². The van der Waals surface area contributed by atoms with Gasteiger partial charge in [-0.25, -0.2) is 0 Å². The molecule has 1 unspecified atom stereocenters. The summed E-state index contributed by atoms with van der Waals surface area (Å²) in [5.41, 5.74) is 2.31. The Labute approximate surface area is 124 Å². The van der Waals surface area contributed by atoms with Crippen LogP contribution in [0.15, 0.2) is 18.2 Å². The molecule has 1 aromatic rings. The first-order valence-corrected chi connectivity index (χ1v) is 7.34. The molecule has 114 valence electrons. The quantitative estimate of drug-likeness (QED) is 0.772. The van der Waals surface area contributed by atoms with E-state index in [-0.39, 0.29) is 18.4 Å². The van der Waals surface area contributed by atoms with E-state index in [1.165, 1.54) is 0 Å². The number of amides is 2. The van der Waals surface area contributed by atoms with Gasteiger partial charge in [-0.05, 0) is 42.5 Å².